The number of likely N-dealkylation sites (tertiary alicyclic amines) is 1. The van der Waals surface area contributed by atoms with Gasteiger partial charge in [0, 0.05) is 49.5 Å². The molecule has 1 aromatic carbocycles. The second-order valence-corrected chi connectivity index (χ2v) is 7.78. The van der Waals surface area contributed by atoms with Crippen molar-refractivity contribution in [2.75, 3.05) is 45.7 Å². The Balaban J connectivity index is 1.53. The zero-order chi connectivity index (χ0) is 19.5. The molecular formula is C22H30FN3O2. The fourth-order valence-electron chi connectivity index (χ4n) is 4.45. The third-order valence-corrected chi connectivity index (χ3v) is 5.89. The lowest BCUT2D eigenvalue weighted by Gasteiger charge is -2.21. The smallest absolute Gasteiger partial charge is 0.163 e. The van der Waals surface area contributed by atoms with E-state index in [0.29, 0.717) is 19.6 Å². The van der Waals surface area contributed by atoms with Gasteiger partial charge >= 0.3 is 0 Å². The summed E-state index contributed by atoms with van der Waals surface area (Å²) in [5.41, 5.74) is 4.66. The van der Waals surface area contributed by atoms with Gasteiger partial charge in [-0.15, -0.1) is 0 Å². The number of halogens is 1. The molecule has 1 aliphatic heterocycles. The number of pyridine rings is 1. The number of rotatable bonds is 7. The van der Waals surface area contributed by atoms with E-state index < -0.39 is 6.17 Å². The van der Waals surface area contributed by atoms with Gasteiger partial charge in [-0.1, -0.05) is 0 Å². The molecule has 0 amide bonds. The molecule has 2 aliphatic rings. The quantitative estimate of drug-likeness (QED) is 0.729. The van der Waals surface area contributed by atoms with Crippen LogP contribution in [0.5, 0.6) is 11.5 Å². The number of nitrogens with zero attached hydrogens (tertiary/aromatic N) is 2. The van der Waals surface area contributed by atoms with Gasteiger partial charge < -0.3 is 19.7 Å². The number of nitrogens with one attached hydrogen (secondary N) is 1. The maximum absolute atomic E-state index is 13.3. The number of aryl methyl sites for hydroxylation is 1. The van der Waals surface area contributed by atoms with E-state index in [1.807, 2.05) is 19.2 Å². The Labute approximate surface area is 166 Å². The van der Waals surface area contributed by atoms with E-state index in [1.54, 1.807) is 7.11 Å². The van der Waals surface area contributed by atoms with Gasteiger partial charge in [-0.3, -0.25) is 4.98 Å². The molecule has 1 fully saturated rings. The van der Waals surface area contributed by atoms with E-state index in [-0.39, 0.29) is 0 Å². The Morgan fingerprint density at radius 1 is 1.25 bits per heavy atom. The van der Waals surface area contributed by atoms with Gasteiger partial charge in [-0.05, 0) is 50.2 Å². The van der Waals surface area contributed by atoms with Gasteiger partial charge in [-0.25, -0.2) is 4.39 Å². The zero-order valence-corrected chi connectivity index (χ0v) is 16.9. The summed E-state index contributed by atoms with van der Waals surface area (Å²) in [6, 6.07) is 4.03. The van der Waals surface area contributed by atoms with Gasteiger partial charge in [0.1, 0.15) is 6.17 Å². The van der Waals surface area contributed by atoms with Gasteiger partial charge in [0.05, 0.1) is 19.2 Å². The first-order chi connectivity index (χ1) is 13.7. The maximum Gasteiger partial charge on any atom is 0.163 e. The summed E-state index contributed by atoms with van der Waals surface area (Å²) in [7, 11) is 3.64. The van der Waals surface area contributed by atoms with Crippen molar-refractivity contribution in [1.82, 2.24) is 9.88 Å². The van der Waals surface area contributed by atoms with Crippen molar-refractivity contribution >= 4 is 16.6 Å². The van der Waals surface area contributed by atoms with Crippen LogP contribution in [0.25, 0.3) is 10.9 Å². The lowest BCUT2D eigenvalue weighted by atomic mass is 9.92. The molecule has 28 heavy (non-hydrogen) atoms. The number of benzene rings is 1. The van der Waals surface area contributed by atoms with Crippen molar-refractivity contribution in [2.24, 2.45) is 0 Å². The molecule has 0 bridgehead atoms. The predicted octanol–water partition coefficient (Wildman–Crippen LogP) is 3.98. The fourth-order valence-corrected chi connectivity index (χ4v) is 4.45. The summed E-state index contributed by atoms with van der Waals surface area (Å²) in [6.45, 7) is 2.86. The molecule has 2 aromatic rings. The lowest BCUT2D eigenvalue weighted by molar-refractivity contribution is 0.243. The number of ether oxygens (including phenoxy) is 2. The summed E-state index contributed by atoms with van der Waals surface area (Å²) in [5.74, 6) is 1.46. The Morgan fingerprint density at radius 2 is 2.11 bits per heavy atom. The Bertz CT molecular complexity index is 842. The van der Waals surface area contributed by atoms with E-state index in [2.05, 4.69) is 10.2 Å². The van der Waals surface area contributed by atoms with E-state index in [9.17, 15) is 4.39 Å². The van der Waals surface area contributed by atoms with Crippen LogP contribution in [0.15, 0.2) is 12.1 Å². The number of anilines is 1. The fraction of sp³-hybridized carbons (Fsp3) is 0.591. The number of hydrogen-bond donors (Lipinski definition) is 1. The van der Waals surface area contributed by atoms with Crippen LogP contribution in [0.4, 0.5) is 10.1 Å². The molecule has 152 valence electrons. The van der Waals surface area contributed by atoms with Crippen molar-refractivity contribution in [3.05, 3.63) is 23.4 Å². The highest BCUT2D eigenvalue weighted by atomic mass is 19.1. The van der Waals surface area contributed by atoms with E-state index in [4.69, 9.17) is 14.5 Å². The summed E-state index contributed by atoms with van der Waals surface area (Å²) < 4.78 is 24.9. The second-order valence-electron chi connectivity index (χ2n) is 7.78. The maximum atomic E-state index is 13.3. The third kappa shape index (κ3) is 3.88. The minimum Gasteiger partial charge on any atom is -0.493 e. The van der Waals surface area contributed by atoms with E-state index >= 15 is 0 Å². The SMILES string of the molecule is CNc1c2c(nc3cc(OCCCN4CCC(F)C4)c(OC)cc13)CCCC2. The van der Waals surface area contributed by atoms with Crippen molar-refractivity contribution < 1.29 is 13.9 Å². The minimum atomic E-state index is -0.667. The molecule has 1 atom stereocenters. The lowest BCUT2D eigenvalue weighted by Crippen LogP contribution is -2.23. The summed E-state index contributed by atoms with van der Waals surface area (Å²) in [4.78, 5) is 7.10. The Kier molecular flexibility index (Phi) is 5.85. The Hall–Kier alpha value is -2.08. The number of aromatic nitrogens is 1. The standard InChI is InChI=1S/C22H30FN3O2/c1-24-22-16-6-3-4-7-18(16)25-19-13-21(20(27-2)12-17(19)22)28-11-5-9-26-10-8-15(23)14-26/h12-13,15H,3-11,14H2,1-2H3,(H,24,25). The highest BCUT2D eigenvalue weighted by Crippen LogP contribution is 2.39. The Morgan fingerprint density at radius 3 is 2.86 bits per heavy atom. The average Bonchev–Trinajstić information content (AvgIpc) is 3.13. The normalized spacial score (nSPS) is 19.6. The molecule has 1 aliphatic carbocycles. The van der Waals surface area contributed by atoms with Crippen LogP contribution in [0.3, 0.4) is 0 Å². The minimum absolute atomic E-state index is 0.557. The van der Waals surface area contributed by atoms with Crippen LogP contribution in [-0.4, -0.2) is 56.5 Å². The molecule has 0 radical (unpaired) electrons. The van der Waals surface area contributed by atoms with Crippen LogP contribution in [0.1, 0.15) is 36.9 Å². The number of alkyl halides is 1. The summed E-state index contributed by atoms with van der Waals surface area (Å²) >= 11 is 0. The largest absolute Gasteiger partial charge is 0.493 e. The number of hydrogen-bond acceptors (Lipinski definition) is 5. The van der Waals surface area contributed by atoms with Crippen LogP contribution in [0.2, 0.25) is 0 Å². The van der Waals surface area contributed by atoms with E-state index in [1.165, 1.54) is 29.8 Å². The van der Waals surface area contributed by atoms with Crippen molar-refractivity contribution in [3.63, 3.8) is 0 Å². The third-order valence-electron chi connectivity index (χ3n) is 5.89. The molecule has 1 saturated heterocycles. The molecule has 1 N–H and O–H groups in total. The first-order valence-corrected chi connectivity index (χ1v) is 10.4. The van der Waals surface area contributed by atoms with Crippen LogP contribution < -0.4 is 14.8 Å². The number of fused-ring (bicyclic) bond motifs is 2. The van der Waals surface area contributed by atoms with Crippen molar-refractivity contribution in [1.29, 1.82) is 0 Å². The van der Waals surface area contributed by atoms with Crippen molar-refractivity contribution in [3.8, 4) is 11.5 Å². The molecular weight excluding hydrogens is 357 g/mol. The molecule has 0 spiro atoms. The molecule has 5 nitrogen and oxygen atoms in total. The molecule has 1 aromatic heterocycles. The predicted molar refractivity (Wildman–Crippen MR) is 111 cm³/mol. The topological polar surface area (TPSA) is 46.6 Å². The van der Waals surface area contributed by atoms with Gasteiger partial charge in [0.15, 0.2) is 11.5 Å². The first-order valence-electron chi connectivity index (χ1n) is 10.4. The van der Waals surface area contributed by atoms with Crippen LogP contribution in [-0.2, 0) is 12.8 Å². The van der Waals surface area contributed by atoms with Crippen LogP contribution >= 0.6 is 0 Å². The number of methoxy groups -OCH3 is 1. The molecule has 0 saturated carbocycles. The highest BCUT2D eigenvalue weighted by Gasteiger charge is 2.21. The van der Waals surface area contributed by atoms with E-state index in [0.717, 1.165) is 54.8 Å². The highest BCUT2D eigenvalue weighted by molar-refractivity contribution is 5.95. The van der Waals surface area contributed by atoms with Crippen LogP contribution in [0, 0.1) is 0 Å². The van der Waals surface area contributed by atoms with Gasteiger partial charge in [-0.2, -0.15) is 0 Å². The van der Waals surface area contributed by atoms with Crippen molar-refractivity contribution in [2.45, 2.75) is 44.7 Å². The first kappa shape index (κ1) is 19.2. The molecule has 2 heterocycles. The molecule has 6 heteroatoms. The molecule has 1 unspecified atom stereocenters. The van der Waals surface area contributed by atoms with Gasteiger partial charge in [0.2, 0.25) is 0 Å². The summed E-state index contributed by atoms with van der Waals surface area (Å²) in [6.07, 6.45) is 5.38. The van der Waals surface area contributed by atoms with Gasteiger partial charge in [0.25, 0.3) is 0 Å². The summed E-state index contributed by atoms with van der Waals surface area (Å²) in [5, 5.41) is 4.47. The monoisotopic (exact) mass is 387 g/mol. The molecule has 4 rings (SSSR count). The zero-order valence-electron chi connectivity index (χ0n) is 16.9. The second kappa shape index (κ2) is 8.52. The average molecular weight is 387 g/mol.